The van der Waals surface area contributed by atoms with Gasteiger partial charge >= 0.3 is 0 Å². The molecule has 1 aromatic heterocycles. The first-order chi connectivity index (χ1) is 10.3. The van der Waals surface area contributed by atoms with Crippen LogP contribution in [0.2, 0.25) is 0 Å². The number of ether oxygens (including phenoxy) is 2. The van der Waals surface area contributed by atoms with Gasteiger partial charge in [-0.1, -0.05) is 12.1 Å². The van der Waals surface area contributed by atoms with Crippen molar-refractivity contribution in [3.8, 4) is 11.5 Å². The van der Waals surface area contributed by atoms with Gasteiger partial charge in [0.25, 0.3) is 0 Å². The molecule has 0 bridgehead atoms. The third-order valence-corrected chi connectivity index (χ3v) is 3.24. The Morgan fingerprint density at radius 2 is 2.19 bits per heavy atom. The van der Waals surface area contributed by atoms with Gasteiger partial charge in [0.15, 0.2) is 11.5 Å². The second-order valence-corrected chi connectivity index (χ2v) is 4.83. The maximum Gasteiger partial charge on any atom is 0.161 e. The third-order valence-electron chi connectivity index (χ3n) is 3.24. The minimum absolute atomic E-state index is 0.686. The molecule has 0 spiro atoms. The van der Waals surface area contributed by atoms with Crippen LogP contribution in [0, 0.1) is 0 Å². The van der Waals surface area contributed by atoms with Crippen LogP contribution in [0.5, 0.6) is 11.5 Å². The van der Waals surface area contributed by atoms with Crippen molar-refractivity contribution >= 4 is 0 Å². The molecule has 0 saturated carbocycles. The minimum Gasteiger partial charge on any atom is -0.493 e. The maximum atomic E-state index is 5.80. The SMILES string of the molecule is C=CCc1ccc(OCCCCn2ccnc2)c(OC)c1. The van der Waals surface area contributed by atoms with Crippen LogP contribution in [0.25, 0.3) is 0 Å². The topological polar surface area (TPSA) is 36.3 Å². The van der Waals surface area contributed by atoms with E-state index in [0.29, 0.717) is 6.61 Å². The Kier molecular flexibility index (Phi) is 5.88. The highest BCUT2D eigenvalue weighted by Crippen LogP contribution is 2.28. The van der Waals surface area contributed by atoms with Gasteiger partial charge in [0.1, 0.15) is 0 Å². The summed E-state index contributed by atoms with van der Waals surface area (Å²) in [5.41, 5.74) is 1.18. The minimum atomic E-state index is 0.686. The summed E-state index contributed by atoms with van der Waals surface area (Å²) < 4.78 is 13.3. The normalized spacial score (nSPS) is 10.3. The molecule has 0 radical (unpaired) electrons. The van der Waals surface area contributed by atoms with Crippen LogP contribution in [0.3, 0.4) is 0 Å². The number of allylic oxidation sites excluding steroid dienone is 1. The second kappa shape index (κ2) is 8.15. The van der Waals surface area contributed by atoms with Crippen molar-refractivity contribution in [2.75, 3.05) is 13.7 Å². The number of nitrogens with zero attached hydrogens (tertiary/aromatic N) is 2. The van der Waals surface area contributed by atoms with Gasteiger partial charge in [-0.15, -0.1) is 6.58 Å². The number of imidazole rings is 1. The van der Waals surface area contributed by atoms with E-state index in [2.05, 4.69) is 16.1 Å². The van der Waals surface area contributed by atoms with E-state index in [1.165, 1.54) is 5.56 Å². The molecule has 1 heterocycles. The lowest BCUT2D eigenvalue weighted by Crippen LogP contribution is -2.02. The van der Waals surface area contributed by atoms with Crippen LogP contribution < -0.4 is 9.47 Å². The predicted octanol–water partition coefficient (Wildman–Crippen LogP) is 3.48. The van der Waals surface area contributed by atoms with Gasteiger partial charge < -0.3 is 14.0 Å². The van der Waals surface area contributed by atoms with Crippen LogP contribution >= 0.6 is 0 Å². The van der Waals surface area contributed by atoms with Gasteiger partial charge in [-0.25, -0.2) is 4.98 Å². The number of aryl methyl sites for hydroxylation is 1. The van der Waals surface area contributed by atoms with Crippen molar-refractivity contribution < 1.29 is 9.47 Å². The number of hydrogen-bond donors (Lipinski definition) is 0. The molecule has 0 saturated heterocycles. The van der Waals surface area contributed by atoms with Crippen LogP contribution in [0.4, 0.5) is 0 Å². The van der Waals surface area contributed by atoms with E-state index in [1.54, 1.807) is 13.3 Å². The fraction of sp³-hybridized carbons (Fsp3) is 0.353. The summed E-state index contributed by atoms with van der Waals surface area (Å²) in [6, 6.07) is 6.01. The highest BCUT2D eigenvalue weighted by atomic mass is 16.5. The molecule has 0 aliphatic carbocycles. The maximum absolute atomic E-state index is 5.80. The first-order valence-electron chi connectivity index (χ1n) is 7.20. The molecular weight excluding hydrogens is 264 g/mol. The zero-order valence-electron chi connectivity index (χ0n) is 12.5. The van der Waals surface area contributed by atoms with E-state index in [0.717, 1.165) is 37.3 Å². The molecule has 0 atom stereocenters. The average molecular weight is 286 g/mol. The number of aromatic nitrogens is 2. The summed E-state index contributed by atoms with van der Waals surface area (Å²) >= 11 is 0. The summed E-state index contributed by atoms with van der Waals surface area (Å²) in [4.78, 5) is 4.02. The van der Waals surface area contributed by atoms with Crippen LogP contribution in [-0.2, 0) is 13.0 Å². The smallest absolute Gasteiger partial charge is 0.161 e. The molecule has 4 heteroatoms. The monoisotopic (exact) mass is 286 g/mol. The number of unbranched alkanes of at least 4 members (excludes halogenated alkanes) is 1. The Bertz CT molecular complexity index is 550. The second-order valence-electron chi connectivity index (χ2n) is 4.83. The van der Waals surface area contributed by atoms with Crippen molar-refractivity contribution in [3.05, 3.63) is 55.1 Å². The largest absolute Gasteiger partial charge is 0.493 e. The number of benzene rings is 1. The Morgan fingerprint density at radius 1 is 1.29 bits per heavy atom. The van der Waals surface area contributed by atoms with E-state index in [1.807, 2.05) is 36.8 Å². The van der Waals surface area contributed by atoms with Gasteiger partial charge in [0, 0.05) is 18.9 Å². The lowest BCUT2D eigenvalue weighted by molar-refractivity contribution is 0.283. The number of methoxy groups -OCH3 is 1. The van der Waals surface area contributed by atoms with Gasteiger partial charge in [0.2, 0.25) is 0 Å². The Labute approximate surface area is 126 Å². The summed E-state index contributed by atoms with van der Waals surface area (Å²) in [5, 5.41) is 0. The highest BCUT2D eigenvalue weighted by Gasteiger charge is 2.05. The molecule has 1 aromatic carbocycles. The molecule has 0 amide bonds. The molecule has 112 valence electrons. The Hall–Kier alpha value is -2.23. The fourth-order valence-corrected chi connectivity index (χ4v) is 2.12. The van der Waals surface area contributed by atoms with Crippen molar-refractivity contribution in [1.82, 2.24) is 9.55 Å². The quantitative estimate of drug-likeness (QED) is 0.523. The molecule has 0 fully saturated rings. The van der Waals surface area contributed by atoms with Gasteiger partial charge in [-0.2, -0.15) is 0 Å². The van der Waals surface area contributed by atoms with E-state index >= 15 is 0 Å². The first-order valence-corrected chi connectivity index (χ1v) is 7.20. The molecular formula is C17H22N2O2. The average Bonchev–Trinajstić information content (AvgIpc) is 3.01. The van der Waals surface area contributed by atoms with Gasteiger partial charge in [-0.3, -0.25) is 0 Å². The van der Waals surface area contributed by atoms with Crippen molar-refractivity contribution in [1.29, 1.82) is 0 Å². The zero-order valence-corrected chi connectivity index (χ0v) is 12.5. The molecule has 2 aromatic rings. The highest BCUT2D eigenvalue weighted by molar-refractivity contribution is 5.43. The fourth-order valence-electron chi connectivity index (χ4n) is 2.12. The lowest BCUT2D eigenvalue weighted by Gasteiger charge is -2.12. The molecule has 0 aliphatic heterocycles. The van der Waals surface area contributed by atoms with E-state index < -0.39 is 0 Å². The van der Waals surface area contributed by atoms with Gasteiger partial charge in [-0.05, 0) is 37.0 Å². The van der Waals surface area contributed by atoms with E-state index in [-0.39, 0.29) is 0 Å². The van der Waals surface area contributed by atoms with E-state index in [4.69, 9.17) is 9.47 Å². The molecule has 4 nitrogen and oxygen atoms in total. The zero-order chi connectivity index (χ0) is 14.9. The standard InChI is InChI=1S/C17H22N2O2/c1-3-6-15-7-8-16(17(13-15)20-2)21-12-5-4-10-19-11-9-18-14-19/h3,7-9,11,13-14H,1,4-6,10,12H2,2H3. The van der Waals surface area contributed by atoms with Crippen molar-refractivity contribution in [3.63, 3.8) is 0 Å². The molecule has 21 heavy (non-hydrogen) atoms. The summed E-state index contributed by atoms with van der Waals surface area (Å²) in [7, 11) is 1.67. The summed E-state index contributed by atoms with van der Waals surface area (Å²) in [6.07, 6.45) is 10.4. The summed E-state index contributed by atoms with van der Waals surface area (Å²) in [6.45, 7) is 5.40. The van der Waals surface area contributed by atoms with Crippen LogP contribution in [0.15, 0.2) is 49.6 Å². The molecule has 0 aliphatic rings. The summed E-state index contributed by atoms with van der Waals surface area (Å²) in [5.74, 6) is 1.58. The van der Waals surface area contributed by atoms with Gasteiger partial charge in [0.05, 0.1) is 20.0 Å². The number of hydrogen-bond acceptors (Lipinski definition) is 3. The van der Waals surface area contributed by atoms with E-state index in [9.17, 15) is 0 Å². The van der Waals surface area contributed by atoms with Crippen LogP contribution in [-0.4, -0.2) is 23.3 Å². The number of rotatable bonds is 9. The Balaban J connectivity index is 1.78. The van der Waals surface area contributed by atoms with Crippen molar-refractivity contribution in [2.24, 2.45) is 0 Å². The molecule has 2 rings (SSSR count). The molecule has 0 unspecified atom stereocenters. The first kappa shape index (κ1) is 15.2. The van der Waals surface area contributed by atoms with Crippen molar-refractivity contribution in [2.45, 2.75) is 25.8 Å². The predicted molar refractivity (Wildman–Crippen MR) is 83.9 cm³/mol. The van der Waals surface area contributed by atoms with Crippen LogP contribution in [0.1, 0.15) is 18.4 Å². The Morgan fingerprint density at radius 3 is 2.90 bits per heavy atom. The lowest BCUT2D eigenvalue weighted by atomic mass is 10.1. The third kappa shape index (κ3) is 4.67. The molecule has 0 N–H and O–H groups in total.